The second kappa shape index (κ2) is 9.23. The van der Waals surface area contributed by atoms with Gasteiger partial charge in [-0.15, -0.1) is 0 Å². The van der Waals surface area contributed by atoms with Crippen LogP contribution in [0.2, 0.25) is 5.02 Å². The van der Waals surface area contributed by atoms with Crippen molar-refractivity contribution >= 4 is 29.1 Å². The summed E-state index contributed by atoms with van der Waals surface area (Å²) in [6.07, 6.45) is 1.69. The largest absolute Gasteiger partial charge is 0.334 e. The van der Waals surface area contributed by atoms with Crippen molar-refractivity contribution in [2.45, 2.75) is 26.7 Å². The molecule has 2 aromatic carbocycles. The van der Waals surface area contributed by atoms with Crippen LogP contribution in [-0.2, 0) is 16.0 Å². The highest BCUT2D eigenvalue weighted by Crippen LogP contribution is 2.20. The number of rotatable bonds is 7. The average molecular weight is 359 g/mol. The van der Waals surface area contributed by atoms with E-state index in [1.807, 2.05) is 31.2 Å². The van der Waals surface area contributed by atoms with E-state index in [4.69, 9.17) is 11.6 Å². The lowest BCUT2D eigenvalue weighted by atomic mass is 10.1. The number of carbonyl (C=O) groups excluding carboxylic acids is 2. The molecule has 132 valence electrons. The second-order valence-corrected chi connectivity index (χ2v) is 6.47. The number of hydrogen-bond acceptors (Lipinski definition) is 2. The molecule has 0 radical (unpaired) electrons. The molecule has 0 aliphatic rings. The van der Waals surface area contributed by atoms with E-state index in [1.54, 1.807) is 17.0 Å². The summed E-state index contributed by atoms with van der Waals surface area (Å²) in [4.78, 5) is 25.7. The topological polar surface area (TPSA) is 49.4 Å². The Bertz CT molecular complexity index is 732. The molecule has 0 heterocycles. The normalized spacial score (nSPS) is 10.4. The number of carbonyl (C=O) groups is 2. The zero-order valence-corrected chi connectivity index (χ0v) is 15.3. The first-order valence-corrected chi connectivity index (χ1v) is 8.69. The third kappa shape index (κ3) is 6.24. The number of hydrogen-bond donors (Lipinski definition) is 1. The SMILES string of the molecule is CC(=O)N(CCCc1ccccc1)CC(=O)Nc1cc(Cl)ccc1C. The minimum Gasteiger partial charge on any atom is -0.334 e. The van der Waals surface area contributed by atoms with Gasteiger partial charge in [0.05, 0.1) is 6.54 Å². The number of halogens is 1. The molecule has 0 aliphatic carbocycles. The van der Waals surface area contributed by atoms with E-state index in [2.05, 4.69) is 17.4 Å². The fraction of sp³-hybridized carbons (Fsp3) is 0.300. The average Bonchev–Trinajstić information content (AvgIpc) is 2.58. The van der Waals surface area contributed by atoms with Gasteiger partial charge < -0.3 is 10.2 Å². The molecule has 0 bridgehead atoms. The van der Waals surface area contributed by atoms with Crippen LogP contribution < -0.4 is 5.32 Å². The van der Waals surface area contributed by atoms with Crippen LogP contribution in [0, 0.1) is 6.92 Å². The number of aryl methyl sites for hydroxylation is 2. The van der Waals surface area contributed by atoms with Gasteiger partial charge in [-0.05, 0) is 43.0 Å². The van der Waals surface area contributed by atoms with Crippen LogP contribution in [0.5, 0.6) is 0 Å². The van der Waals surface area contributed by atoms with Crippen LogP contribution in [0.4, 0.5) is 5.69 Å². The molecule has 0 aliphatic heterocycles. The molecular formula is C20H23ClN2O2. The number of nitrogens with one attached hydrogen (secondary N) is 1. The minimum atomic E-state index is -0.222. The van der Waals surface area contributed by atoms with Crippen LogP contribution in [-0.4, -0.2) is 29.8 Å². The highest BCUT2D eigenvalue weighted by Gasteiger charge is 2.14. The Balaban J connectivity index is 1.88. The summed E-state index contributed by atoms with van der Waals surface area (Å²) in [5, 5.41) is 3.39. The summed E-state index contributed by atoms with van der Waals surface area (Å²) in [6.45, 7) is 3.97. The Kier molecular flexibility index (Phi) is 7.02. The molecule has 0 saturated carbocycles. The van der Waals surface area contributed by atoms with E-state index >= 15 is 0 Å². The van der Waals surface area contributed by atoms with Gasteiger partial charge in [0.25, 0.3) is 0 Å². The van der Waals surface area contributed by atoms with Crippen molar-refractivity contribution in [3.8, 4) is 0 Å². The Labute approximate surface area is 153 Å². The molecule has 0 saturated heterocycles. The van der Waals surface area contributed by atoms with E-state index in [9.17, 15) is 9.59 Å². The van der Waals surface area contributed by atoms with Crippen molar-refractivity contribution in [1.29, 1.82) is 0 Å². The second-order valence-electron chi connectivity index (χ2n) is 6.04. The zero-order chi connectivity index (χ0) is 18.2. The smallest absolute Gasteiger partial charge is 0.244 e. The van der Waals surface area contributed by atoms with Crippen LogP contribution in [0.1, 0.15) is 24.5 Å². The molecule has 0 fully saturated rings. The molecule has 2 amide bonds. The molecule has 4 nitrogen and oxygen atoms in total. The van der Waals surface area contributed by atoms with Gasteiger partial charge in [0.1, 0.15) is 0 Å². The van der Waals surface area contributed by atoms with Crippen LogP contribution in [0.25, 0.3) is 0 Å². The highest BCUT2D eigenvalue weighted by atomic mass is 35.5. The maximum atomic E-state index is 12.3. The van der Waals surface area contributed by atoms with Crippen LogP contribution in [0.15, 0.2) is 48.5 Å². The van der Waals surface area contributed by atoms with E-state index in [0.717, 1.165) is 18.4 Å². The van der Waals surface area contributed by atoms with Gasteiger partial charge in [-0.3, -0.25) is 9.59 Å². The Morgan fingerprint density at radius 3 is 2.52 bits per heavy atom. The fourth-order valence-electron chi connectivity index (χ4n) is 2.56. The maximum Gasteiger partial charge on any atom is 0.244 e. The molecule has 25 heavy (non-hydrogen) atoms. The molecule has 0 atom stereocenters. The van der Waals surface area contributed by atoms with Crippen molar-refractivity contribution in [2.75, 3.05) is 18.4 Å². The van der Waals surface area contributed by atoms with Crippen molar-refractivity contribution in [2.24, 2.45) is 0 Å². The standard InChI is InChI=1S/C20H23ClN2O2/c1-15-10-11-18(21)13-19(15)22-20(25)14-23(16(2)24)12-6-9-17-7-4-3-5-8-17/h3-5,7-8,10-11,13H,6,9,12,14H2,1-2H3,(H,22,25). The van der Waals surface area contributed by atoms with E-state index in [1.165, 1.54) is 12.5 Å². The van der Waals surface area contributed by atoms with Gasteiger partial charge in [0, 0.05) is 24.2 Å². The molecular weight excluding hydrogens is 336 g/mol. The third-order valence-electron chi connectivity index (χ3n) is 3.99. The lowest BCUT2D eigenvalue weighted by molar-refractivity contribution is -0.132. The van der Waals surface area contributed by atoms with Gasteiger partial charge in [0.2, 0.25) is 11.8 Å². The van der Waals surface area contributed by atoms with Gasteiger partial charge >= 0.3 is 0 Å². The summed E-state index contributed by atoms with van der Waals surface area (Å²) >= 11 is 5.97. The first kappa shape index (κ1) is 19.0. The van der Waals surface area contributed by atoms with Crippen LogP contribution in [0.3, 0.4) is 0 Å². The number of amides is 2. The molecule has 2 aromatic rings. The summed E-state index contributed by atoms with van der Waals surface area (Å²) in [5.41, 5.74) is 2.83. The Hall–Kier alpha value is -2.33. The molecule has 1 N–H and O–H groups in total. The van der Waals surface area contributed by atoms with Gasteiger partial charge in [-0.2, -0.15) is 0 Å². The lowest BCUT2D eigenvalue weighted by Crippen LogP contribution is -2.37. The molecule has 5 heteroatoms. The molecule has 0 aromatic heterocycles. The monoisotopic (exact) mass is 358 g/mol. The Morgan fingerprint density at radius 2 is 1.84 bits per heavy atom. The van der Waals surface area contributed by atoms with Gasteiger partial charge in [0.15, 0.2) is 0 Å². The predicted octanol–water partition coefficient (Wildman–Crippen LogP) is 4.07. The van der Waals surface area contributed by atoms with E-state index in [-0.39, 0.29) is 18.4 Å². The van der Waals surface area contributed by atoms with Crippen molar-refractivity contribution in [3.63, 3.8) is 0 Å². The zero-order valence-electron chi connectivity index (χ0n) is 14.6. The van der Waals surface area contributed by atoms with Crippen LogP contribution >= 0.6 is 11.6 Å². The van der Waals surface area contributed by atoms with E-state index < -0.39 is 0 Å². The summed E-state index contributed by atoms with van der Waals surface area (Å²) in [7, 11) is 0. The molecule has 0 spiro atoms. The van der Waals surface area contributed by atoms with Gasteiger partial charge in [-0.25, -0.2) is 0 Å². The fourth-order valence-corrected chi connectivity index (χ4v) is 2.73. The number of benzene rings is 2. The van der Waals surface area contributed by atoms with Crippen molar-refractivity contribution < 1.29 is 9.59 Å². The number of anilines is 1. The summed E-state index contributed by atoms with van der Waals surface area (Å²) in [6, 6.07) is 15.4. The highest BCUT2D eigenvalue weighted by molar-refractivity contribution is 6.31. The lowest BCUT2D eigenvalue weighted by Gasteiger charge is -2.21. The first-order chi connectivity index (χ1) is 12.0. The summed E-state index contributed by atoms with van der Waals surface area (Å²) < 4.78 is 0. The molecule has 0 unspecified atom stereocenters. The Morgan fingerprint density at radius 1 is 1.12 bits per heavy atom. The summed E-state index contributed by atoms with van der Waals surface area (Å²) in [5.74, 6) is -0.327. The van der Waals surface area contributed by atoms with Gasteiger partial charge in [-0.1, -0.05) is 48.0 Å². The predicted molar refractivity (Wildman–Crippen MR) is 102 cm³/mol. The minimum absolute atomic E-state index is 0.0378. The van der Waals surface area contributed by atoms with Crippen molar-refractivity contribution in [1.82, 2.24) is 4.90 Å². The van der Waals surface area contributed by atoms with E-state index in [0.29, 0.717) is 17.3 Å². The van der Waals surface area contributed by atoms with Crippen molar-refractivity contribution in [3.05, 3.63) is 64.7 Å². The quantitative estimate of drug-likeness (QED) is 0.811. The number of nitrogens with zero attached hydrogens (tertiary/aromatic N) is 1. The maximum absolute atomic E-state index is 12.3. The molecule has 2 rings (SSSR count). The third-order valence-corrected chi connectivity index (χ3v) is 4.22. The first-order valence-electron chi connectivity index (χ1n) is 8.31.